The molecule has 0 saturated heterocycles. The van der Waals surface area contributed by atoms with Crippen LogP contribution in [-0.2, 0) is 5.41 Å². The average Bonchev–Trinajstić information content (AvgIpc) is 2.36. The number of hydrogen-bond acceptors (Lipinski definition) is 3. The Morgan fingerprint density at radius 3 is 2.67 bits per heavy atom. The Morgan fingerprint density at radius 2 is 2.00 bits per heavy atom. The molecule has 2 amide bonds. The summed E-state index contributed by atoms with van der Waals surface area (Å²) in [7, 11) is 0. The van der Waals surface area contributed by atoms with Gasteiger partial charge in [0.15, 0.2) is 11.5 Å². The van der Waals surface area contributed by atoms with Gasteiger partial charge in [0.1, 0.15) is 13.2 Å². The Balaban J connectivity index is 2.19. The summed E-state index contributed by atoms with van der Waals surface area (Å²) >= 11 is 0. The predicted molar refractivity (Wildman–Crippen MR) is 68.0 cm³/mol. The lowest BCUT2D eigenvalue weighted by molar-refractivity contribution is 0.171. The van der Waals surface area contributed by atoms with Crippen LogP contribution < -0.4 is 20.5 Å². The molecule has 1 aromatic rings. The second kappa shape index (κ2) is 4.76. The summed E-state index contributed by atoms with van der Waals surface area (Å²) in [5.41, 5.74) is 5.95. The standard InChI is InChI=1S/C13H18N2O3/c1-13(2,8-15-12(14)16)9-3-4-10-11(7-9)18-6-5-17-10/h3-4,7H,5-6,8H2,1-2H3,(H3,14,15,16). The zero-order valence-corrected chi connectivity index (χ0v) is 10.7. The largest absolute Gasteiger partial charge is 0.486 e. The Kier molecular flexibility index (Phi) is 3.32. The molecule has 5 heteroatoms. The van der Waals surface area contributed by atoms with Crippen molar-refractivity contribution >= 4 is 6.03 Å². The van der Waals surface area contributed by atoms with E-state index in [2.05, 4.69) is 5.32 Å². The summed E-state index contributed by atoms with van der Waals surface area (Å²) in [6, 6.07) is 5.32. The first kappa shape index (κ1) is 12.5. The van der Waals surface area contributed by atoms with Crippen LogP contribution in [0.2, 0.25) is 0 Å². The Morgan fingerprint density at radius 1 is 1.33 bits per heavy atom. The number of carbonyl (C=O) groups excluding carboxylic acids is 1. The molecule has 1 heterocycles. The number of hydrogen-bond donors (Lipinski definition) is 2. The van der Waals surface area contributed by atoms with Crippen LogP contribution >= 0.6 is 0 Å². The molecule has 5 nitrogen and oxygen atoms in total. The average molecular weight is 250 g/mol. The van der Waals surface area contributed by atoms with E-state index in [1.165, 1.54) is 0 Å². The van der Waals surface area contributed by atoms with Gasteiger partial charge in [-0.3, -0.25) is 0 Å². The highest BCUT2D eigenvalue weighted by molar-refractivity contribution is 5.71. The van der Waals surface area contributed by atoms with Crippen LogP contribution in [0.15, 0.2) is 18.2 Å². The first-order valence-corrected chi connectivity index (χ1v) is 5.92. The number of nitrogens with one attached hydrogen (secondary N) is 1. The molecule has 0 aromatic heterocycles. The van der Waals surface area contributed by atoms with Gasteiger partial charge in [-0.05, 0) is 17.7 Å². The van der Waals surface area contributed by atoms with Gasteiger partial charge in [-0.1, -0.05) is 19.9 Å². The van der Waals surface area contributed by atoms with E-state index in [0.717, 1.165) is 17.1 Å². The van der Waals surface area contributed by atoms with Crippen molar-refractivity contribution in [3.05, 3.63) is 23.8 Å². The lowest BCUT2D eigenvalue weighted by atomic mass is 9.84. The van der Waals surface area contributed by atoms with Gasteiger partial charge < -0.3 is 20.5 Å². The Hall–Kier alpha value is -1.91. The molecule has 0 unspecified atom stereocenters. The van der Waals surface area contributed by atoms with Gasteiger partial charge in [0.05, 0.1) is 0 Å². The van der Waals surface area contributed by atoms with Crippen LogP contribution in [0.1, 0.15) is 19.4 Å². The fourth-order valence-electron chi connectivity index (χ4n) is 1.87. The van der Waals surface area contributed by atoms with Crippen LogP contribution in [0.3, 0.4) is 0 Å². The minimum Gasteiger partial charge on any atom is -0.486 e. The molecule has 0 spiro atoms. The number of urea groups is 1. The Labute approximate surface area is 106 Å². The second-order valence-electron chi connectivity index (χ2n) is 4.96. The smallest absolute Gasteiger partial charge is 0.312 e. The van der Waals surface area contributed by atoms with Crippen LogP contribution in [0.4, 0.5) is 4.79 Å². The molecule has 1 aliphatic rings. The summed E-state index contributed by atoms with van der Waals surface area (Å²) in [5, 5.41) is 2.63. The summed E-state index contributed by atoms with van der Waals surface area (Å²) in [6.45, 7) is 5.69. The van der Waals surface area contributed by atoms with E-state index in [9.17, 15) is 4.79 Å². The summed E-state index contributed by atoms with van der Waals surface area (Å²) in [5.74, 6) is 1.52. The SMILES string of the molecule is CC(C)(CNC(N)=O)c1ccc2c(c1)OCCO2. The van der Waals surface area contributed by atoms with E-state index in [1.54, 1.807) is 0 Å². The first-order chi connectivity index (χ1) is 8.49. The zero-order chi connectivity index (χ0) is 13.2. The number of carbonyl (C=O) groups is 1. The van der Waals surface area contributed by atoms with E-state index < -0.39 is 6.03 Å². The molecule has 3 N–H and O–H groups in total. The van der Waals surface area contributed by atoms with Crippen molar-refractivity contribution in [1.29, 1.82) is 0 Å². The molecule has 0 bridgehead atoms. The topological polar surface area (TPSA) is 73.6 Å². The van der Waals surface area contributed by atoms with Gasteiger partial charge in [0.2, 0.25) is 0 Å². The molecular formula is C13H18N2O3. The third-order valence-corrected chi connectivity index (χ3v) is 3.03. The summed E-state index contributed by atoms with van der Waals surface area (Å²) in [6.07, 6.45) is 0. The number of primary amides is 1. The fourth-order valence-corrected chi connectivity index (χ4v) is 1.87. The van der Waals surface area contributed by atoms with Crippen LogP contribution in [0.5, 0.6) is 11.5 Å². The minimum atomic E-state index is -0.513. The summed E-state index contributed by atoms with van der Waals surface area (Å²) in [4.78, 5) is 10.8. The molecule has 0 fully saturated rings. The molecule has 0 atom stereocenters. The van der Waals surface area contributed by atoms with Gasteiger partial charge in [-0.2, -0.15) is 0 Å². The number of benzene rings is 1. The van der Waals surface area contributed by atoms with Gasteiger partial charge in [-0.25, -0.2) is 4.79 Å². The van der Waals surface area contributed by atoms with E-state index in [-0.39, 0.29) is 5.41 Å². The molecule has 0 aliphatic carbocycles. The van der Waals surface area contributed by atoms with Crippen molar-refractivity contribution in [2.45, 2.75) is 19.3 Å². The number of nitrogens with two attached hydrogens (primary N) is 1. The molecular weight excluding hydrogens is 232 g/mol. The van der Waals surface area contributed by atoms with E-state index in [4.69, 9.17) is 15.2 Å². The molecule has 0 radical (unpaired) electrons. The number of ether oxygens (including phenoxy) is 2. The van der Waals surface area contributed by atoms with Crippen molar-refractivity contribution in [2.24, 2.45) is 5.73 Å². The third-order valence-electron chi connectivity index (χ3n) is 3.03. The lowest BCUT2D eigenvalue weighted by Crippen LogP contribution is -2.39. The van der Waals surface area contributed by atoms with Gasteiger partial charge in [0.25, 0.3) is 0 Å². The van der Waals surface area contributed by atoms with Crippen molar-refractivity contribution in [1.82, 2.24) is 5.32 Å². The monoisotopic (exact) mass is 250 g/mol. The molecule has 0 saturated carbocycles. The fraction of sp³-hybridized carbons (Fsp3) is 0.462. The van der Waals surface area contributed by atoms with Crippen molar-refractivity contribution in [2.75, 3.05) is 19.8 Å². The highest BCUT2D eigenvalue weighted by Crippen LogP contribution is 2.34. The highest BCUT2D eigenvalue weighted by Gasteiger charge is 2.23. The number of amides is 2. The lowest BCUT2D eigenvalue weighted by Gasteiger charge is -2.27. The quantitative estimate of drug-likeness (QED) is 0.851. The van der Waals surface area contributed by atoms with Crippen LogP contribution in [-0.4, -0.2) is 25.8 Å². The van der Waals surface area contributed by atoms with Gasteiger partial charge in [-0.15, -0.1) is 0 Å². The maximum absolute atomic E-state index is 10.8. The zero-order valence-electron chi connectivity index (χ0n) is 10.7. The maximum Gasteiger partial charge on any atom is 0.312 e. The van der Waals surface area contributed by atoms with Gasteiger partial charge >= 0.3 is 6.03 Å². The van der Waals surface area contributed by atoms with E-state index in [0.29, 0.717) is 19.8 Å². The van der Waals surface area contributed by atoms with Crippen LogP contribution in [0.25, 0.3) is 0 Å². The molecule has 18 heavy (non-hydrogen) atoms. The third kappa shape index (κ3) is 2.67. The molecule has 98 valence electrons. The minimum absolute atomic E-state index is 0.217. The molecule has 1 aromatic carbocycles. The highest BCUT2D eigenvalue weighted by atomic mass is 16.6. The normalized spacial score (nSPS) is 14.1. The van der Waals surface area contributed by atoms with E-state index in [1.807, 2.05) is 32.0 Å². The molecule has 1 aliphatic heterocycles. The number of fused-ring (bicyclic) bond motifs is 1. The number of rotatable bonds is 3. The predicted octanol–water partition coefficient (Wildman–Crippen LogP) is 1.40. The van der Waals surface area contributed by atoms with Crippen molar-refractivity contribution < 1.29 is 14.3 Å². The van der Waals surface area contributed by atoms with Gasteiger partial charge in [0, 0.05) is 12.0 Å². The van der Waals surface area contributed by atoms with Crippen molar-refractivity contribution in [3.63, 3.8) is 0 Å². The van der Waals surface area contributed by atoms with Crippen LogP contribution in [0, 0.1) is 0 Å². The first-order valence-electron chi connectivity index (χ1n) is 5.92. The van der Waals surface area contributed by atoms with E-state index >= 15 is 0 Å². The second-order valence-corrected chi connectivity index (χ2v) is 4.96. The molecule has 2 rings (SSSR count). The summed E-state index contributed by atoms with van der Waals surface area (Å²) < 4.78 is 11.0. The maximum atomic E-state index is 10.8. The Bertz CT molecular complexity index is 458. The van der Waals surface area contributed by atoms with Crippen molar-refractivity contribution in [3.8, 4) is 11.5 Å².